The van der Waals surface area contributed by atoms with Crippen LogP contribution in [0, 0.1) is 0 Å². The van der Waals surface area contributed by atoms with Crippen molar-refractivity contribution < 1.29 is 5.11 Å². The first-order chi connectivity index (χ1) is 10.0. The van der Waals surface area contributed by atoms with E-state index < -0.39 is 10.4 Å². The van der Waals surface area contributed by atoms with E-state index in [2.05, 4.69) is 24.3 Å². The van der Waals surface area contributed by atoms with E-state index in [-0.39, 0.29) is 5.92 Å². The minimum absolute atomic E-state index is 0.0813. The van der Waals surface area contributed by atoms with Crippen LogP contribution in [0.3, 0.4) is 0 Å². The highest BCUT2D eigenvalue weighted by atomic mass is 35.5. The summed E-state index contributed by atoms with van der Waals surface area (Å²) >= 11 is 11.8. The molecule has 2 aromatic rings. The maximum Gasteiger partial charge on any atom is 0.156 e. The maximum atomic E-state index is 12.8. The lowest BCUT2D eigenvalue weighted by molar-refractivity contribution is -0.00626. The summed E-state index contributed by atoms with van der Waals surface area (Å²) in [5, 5.41) is 12.8. The van der Waals surface area contributed by atoms with E-state index in [1.165, 1.54) is 11.1 Å². The lowest BCUT2D eigenvalue weighted by Crippen LogP contribution is -2.29. The first kappa shape index (κ1) is 14.6. The van der Waals surface area contributed by atoms with Gasteiger partial charge in [0.05, 0.1) is 0 Å². The molecule has 0 saturated carbocycles. The number of benzene rings is 2. The molecule has 0 aliphatic heterocycles. The quantitative estimate of drug-likeness (QED) is 0.685. The molecule has 1 nitrogen and oxygen atoms in total. The average Bonchev–Trinajstić information content (AvgIpc) is 2.91. The minimum atomic E-state index is -1.54. The molecular formula is C18H15Cl2O. The van der Waals surface area contributed by atoms with Gasteiger partial charge in [-0.1, -0.05) is 60.7 Å². The van der Waals surface area contributed by atoms with Gasteiger partial charge in [0.1, 0.15) is 4.84 Å². The lowest BCUT2D eigenvalue weighted by Gasteiger charge is -2.27. The van der Waals surface area contributed by atoms with Crippen LogP contribution in [-0.2, 0) is 10.7 Å². The second-order valence-corrected chi connectivity index (χ2v) is 6.56. The molecule has 1 aliphatic carbocycles. The molecule has 2 unspecified atom stereocenters. The van der Waals surface area contributed by atoms with Crippen LogP contribution >= 0.6 is 23.2 Å². The molecule has 3 heteroatoms. The Hall–Kier alpha value is -1.28. The van der Waals surface area contributed by atoms with Gasteiger partial charge in [0.2, 0.25) is 0 Å². The van der Waals surface area contributed by atoms with Gasteiger partial charge < -0.3 is 0 Å². The number of halogens is 2. The van der Waals surface area contributed by atoms with E-state index in [1.54, 1.807) is 6.92 Å². The number of rotatable bonds is 3. The molecule has 0 saturated heterocycles. The Morgan fingerprint density at radius 1 is 1.00 bits per heavy atom. The summed E-state index contributed by atoms with van der Waals surface area (Å²) in [4.78, 5) is -1.00. The van der Waals surface area contributed by atoms with Gasteiger partial charge in [-0.3, -0.25) is 0 Å². The van der Waals surface area contributed by atoms with Crippen molar-refractivity contribution in [3.8, 4) is 0 Å². The van der Waals surface area contributed by atoms with E-state index in [0.717, 1.165) is 5.56 Å². The van der Waals surface area contributed by atoms with Gasteiger partial charge in [-0.15, -0.1) is 23.2 Å². The molecule has 2 atom stereocenters. The van der Waals surface area contributed by atoms with Crippen molar-refractivity contribution in [1.82, 2.24) is 0 Å². The smallest absolute Gasteiger partial charge is 0.156 e. The molecule has 0 spiro atoms. The molecule has 0 aromatic heterocycles. The number of fused-ring (bicyclic) bond motifs is 1. The van der Waals surface area contributed by atoms with Crippen LogP contribution in [0.25, 0.3) is 6.08 Å². The summed E-state index contributed by atoms with van der Waals surface area (Å²) in [7, 11) is 0. The van der Waals surface area contributed by atoms with Crippen molar-refractivity contribution in [2.75, 3.05) is 0 Å². The number of hydrogen-bond acceptors (Lipinski definition) is 0. The molecule has 3 rings (SSSR count). The third-order valence-electron chi connectivity index (χ3n) is 4.05. The van der Waals surface area contributed by atoms with E-state index in [9.17, 15) is 5.11 Å². The zero-order valence-corrected chi connectivity index (χ0v) is 13.1. The Labute approximate surface area is 134 Å². The van der Waals surface area contributed by atoms with Crippen molar-refractivity contribution >= 4 is 29.3 Å². The second kappa shape index (κ2) is 5.49. The zero-order chi connectivity index (χ0) is 15.0. The standard InChI is InChI=1S/C18H15Cl2O/c1-18(21,17(19)20)16-9-5-4-8-15(16)14-11-10-12-6-2-3-7-13(12)14/h2-11,14,17H,1H3. The summed E-state index contributed by atoms with van der Waals surface area (Å²) in [5.41, 5.74) is 2.50. The number of allylic oxidation sites excluding steroid dienone is 1. The van der Waals surface area contributed by atoms with Gasteiger partial charge in [0, 0.05) is 5.92 Å². The van der Waals surface area contributed by atoms with Gasteiger partial charge in [-0.2, -0.15) is 0 Å². The fourth-order valence-electron chi connectivity index (χ4n) is 2.86. The predicted molar refractivity (Wildman–Crippen MR) is 87.3 cm³/mol. The van der Waals surface area contributed by atoms with Crippen molar-refractivity contribution in [3.63, 3.8) is 0 Å². The molecule has 0 fully saturated rings. The monoisotopic (exact) mass is 317 g/mol. The molecular weight excluding hydrogens is 303 g/mol. The molecule has 0 amide bonds. The SMILES string of the molecule is CC([O])(c1ccccc1C1C=Cc2ccccc21)C(Cl)Cl. The van der Waals surface area contributed by atoms with Crippen LogP contribution in [-0.4, -0.2) is 4.84 Å². The predicted octanol–water partition coefficient (Wildman–Crippen LogP) is 5.29. The van der Waals surface area contributed by atoms with Gasteiger partial charge in [0.25, 0.3) is 0 Å². The van der Waals surface area contributed by atoms with Gasteiger partial charge in [0.15, 0.2) is 5.60 Å². The Kier molecular flexibility index (Phi) is 3.83. The normalized spacial score (nSPS) is 19.6. The Balaban J connectivity index is 2.12. The Bertz CT molecular complexity index is 689. The Morgan fingerprint density at radius 3 is 2.33 bits per heavy atom. The highest BCUT2D eigenvalue weighted by Gasteiger charge is 2.37. The van der Waals surface area contributed by atoms with Crippen LogP contribution < -0.4 is 0 Å². The highest BCUT2D eigenvalue weighted by Crippen LogP contribution is 2.41. The van der Waals surface area contributed by atoms with Crippen LogP contribution in [0.2, 0.25) is 0 Å². The van der Waals surface area contributed by atoms with Crippen LogP contribution in [0.1, 0.15) is 35.1 Å². The zero-order valence-electron chi connectivity index (χ0n) is 11.6. The first-order valence-corrected chi connectivity index (χ1v) is 7.74. The van der Waals surface area contributed by atoms with Crippen molar-refractivity contribution in [2.24, 2.45) is 0 Å². The molecule has 1 aliphatic rings. The number of alkyl halides is 2. The van der Waals surface area contributed by atoms with Crippen LogP contribution in [0.4, 0.5) is 0 Å². The maximum absolute atomic E-state index is 12.8. The van der Waals surface area contributed by atoms with Crippen LogP contribution in [0.15, 0.2) is 54.6 Å². The summed E-state index contributed by atoms with van der Waals surface area (Å²) < 4.78 is 0. The fourth-order valence-corrected chi connectivity index (χ4v) is 3.09. The topological polar surface area (TPSA) is 19.9 Å². The van der Waals surface area contributed by atoms with Crippen molar-refractivity contribution in [1.29, 1.82) is 0 Å². The molecule has 0 heterocycles. The molecule has 0 N–H and O–H groups in total. The van der Waals surface area contributed by atoms with Crippen LogP contribution in [0.5, 0.6) is 0 Å². The van der Waals surface area contributed by atoms with E-state index in [4.69, 9.17) is 23.2 Å². The summed E-state index contributed by atoms with van der Waals surface area (Å²) in [6, 6.07) is 15.8. The van der Waals surface area contributed by atoms with Crippen molar-refractivity contribution in [3.05, 3.63) is 76.9 Å². The average molecular weight is 318 g/mol. The molecule has 1 radical (unpaired) electrons. The minimum Gasteiger partial charge on any atom is -0.222 e. The van der Waals surface area contributed by atoms with E-state index >= 15 is 0 Å². The van der Waals surface area contributed by atoms with Gasteiger partial charge in [-0.25, -0.2) is 5.11 Å². The second-order valence-electron chi connectivity index (χ2n) is 5.46. The van der Waals surface area contributed by atoms with E-state index in [1.807, 2.05) is 36.4 Å². The molecule has 21 heavy (non-hydrogen) atoms. The largest absolute Gasteiger partial charge is 0.222 e. The summed E-state index contributed by atoms with van der Waals surface area (Å²) in [5.74, 6) is 0.0813. The number of hydrogen-bond donors (Lipinski definition) is 0. The highest BCUT2D eigenvalue weighted by molar-refractivity contribution is 6.45. The molecule has 0 bridgehead atoms. The van der Waals surface area contributed by atoms with Crippen molar-refractivity contribution in [2.45, 2.75) is 23.3 Å². The Morgan fingerprint density at radius 2 is 1.62 bits per heavy atom. The third kappa shape index (κ3) is 2.50. The third-order valence-corrected chi connectivity index (χ3v) is 4.88. The summed E-state index contributed by atoms with van der Waals surface area (Å²) in [6.07, 6.45) is 4.22. The van der Waals surface area contributed by atoms with E-state index in [0.29, 0.717) is 5.56 Å². The molecule has 2 aromatic carbocycles. The van der Waals surface area contributed by atoms with Gasteiger partial charge in [-0.05, 0) is 29.2 Å². The van der Waals surface area contributed by atoms with Gasteiger partial charge >= 0.3 is 0 Å². The lowest BCUT2D eigenvalue weighted by atomic mass is 9.84. The summed E-state index contributed by atoms with van der Waals surface area (Å²) in [6.45, 7) is 1.54. The molecule has 107 valence electrons. The fraction of sp³-hybridized carbons (Fsp3) is 0.222. The first-order valence-electron chi connectivity index (χ1n) is 6.87.